The third-order valence-corrected chi connectivity index (χ3v) is 8.00. The number of rotatable bonds is 4. The molecule has 2 aromatic heterocycles. The molecular weight excluding hydrogens is 400 g/mol. The fourth-order valence-corrected chi connectivity index (χ4v) is 6.45. The van der Waals surface area contributed by atoms with Crippen molar-refractivity contribution in [2.24, 2.45) is 11.7 Å². The van der Waals surface area contributed by atoms with Gasteiger partial charge in [0.05, 0.1) is 10.6 Å². The van der Waals surface area contributed by atoms with E-state index in [1.807, 2.05) is 24.3 Å². The number of anilines is 1. The summed E-state index contributed by atoms with van der Waals surface area (Å²) in [6, 6.07) is 7.64. The van der Waals surface area contributed by atoms with Crippen LogP contribution in [0.5, 0.6) is 0 Å². The molecule has 27 heavy (non-hydrogen) atoms. The van der Waals surface area contributed by atoms with Crippen LogP contribution in [-0.2, 0) is 12.8 Å². The van der Waals surface area contributed by atoms with Crippen molar-refractivity contribution in [2.45, 2.75) is 32.6 Å². The number of hydrogen-bond donors (Lipinski definition) is 2. The molecule has 3 aromatic rings. The van der Waals surface area contributed by atoms with Crippen LogP contribution in [0, 0.1) is 5.92 Å². The molecule has 3 N–H and O–H groups in total. The van der Waals surface area contributed by atoms with Gasteiger partial charge in [0.25, 0.3) is 11.8 Å². The van der Waals surface area contributed by atoms with Gasteiger partial charge in [-0.2, -0.15) is 0 Å². The maximum Gasteiger partial charge on any atom is 0.267 e. The van der Waals surface area contributed by atoms with Crippen molar-refractivity contribution in [3.8, 4) is 0 Å². The van der Waals surface area contributed by atoms with E-state index >= 15 is 0 Å². The smallest absolute Gasteiger partial charge is 0.267 e. The molecule has 0 fully saturated rings. The number of halogens is 1. The highest BCUT2D eigenvalue weighted by Gasteiger charge is 2.29. The van der Waals surface area contributed by atoms with Gasteiger partial charge in [0, 0.05) is 15.0 Å². The van der Waals surface area contributed by atoms with Gasteiger partial charge < -0.3 is 11.1 Å². The highest BCUT2D eigenvalue weighted by molar-refractivity contribution is 7.22. The molecule has 7 heteroatoms. The van der Waals surface area contributed by atoms with E-state index in [4.69, 9.17) is 17.3 Å². The number of primary amides is 1. The second-order valence-electron chi connectivity index (χ2n) is 6.78. The van der Waals surface area contributed by atoms with Gasteiger partial charge in [-0.3, -0.25) is 9.59 Å². The Hall–Kier alpha value is -1.89. The fourth-order valence-electron chi connectivity index (χ4n) is 3.67. The highest BCUT2D eigenvalue weighted by atomic mass is 35.5. The molecule has 4 nitrogen and oxygen atoms in total. The summed E-state index contributed by atoms with van der Waals surface area (Å²) in [5.41, 5.74) is 7.13. The van der Waals surface area contributed by atoms with E-state index in [0.717, 1.165) is 41.3 Å². The maximum atomic E-state index is 12.9. The highest BCUT2D eigenvalue weighted by Crippen LogP contribution is 2.41. The lowest BCUT2D eigenvalue weighted by Crippen LogP contribution is -2.19. The van der Waals surface area contributed by atoms with Crippen LogP contribution in [0.25, 0.3) is 10.1 Å². The molecule has 0 saturated carbocycles. The van der Waals surface area contributed by atoms with Gasteiger partial charge in [-0.25, -0.2) is 0 Å². The Morgan fingerprint density at radius 3 is 2.78 bits per heavy atom. The second kappa shape index (κ2) is 7.26. The lowest BCUT2D eigenvalue weighted by atomic mass is 9.85. The van der Waals surface area contributed by atoms with Crippen LogP contribution in [0.1, 0.15) is 50.2 Å². The first-order chi connectivity index (χ1) is 13.0. The van der Waals surface area contributed by atoms with Gasteiger partial charge in [0.2, 0.25) is 0 Å². The predicted molar refractivity (Wildman–Crippen MR) is 113 cm³/mol. The van der Waals surface area contributed by atoms with Crippen molar-refractivity contribution in [2.75, 3.05) is 5.32 Å². The molecule has 0 bridgehead atoms. The van der Waals surface area contributed by atoms with Gasteiger partial charge in [-0.05, 0) is 36.8 Å². The molecule has 4 rings (SSSR count). The van der Waals surface area contributed by atoms with Gasteiger partial charge in [0.15, 0.2) is 0 Å². The summed E-state index contributed by atoms with van der Waals surface area (Å²) in [5, 5.41) is 4.76. The van der Waals surface area contributed by atoms with E-state index in [1.54, 1.807) is 0 Å². The van der Waals surface area contributed by atoms with Gasteiger partial charge in [-0.1, -0.05) is 43.1 Å². The predicted octanol–water partition coefficient (Wildman–Crippen LogP) is 5.48. The van der Waals surface area contributed by atoms with Gasteiger partial charge in [-0.15, -0.1) is 22.7 Å². The van der Waals surface area contributed by atoms with E-state index in [2.05, 4.69) is 12.2 Å². The number of carbonyl (C=O) groups is 2. The van der Waals surface area contributed by atoms with Crippen LogP contribution in [-0.4, -0.2) is 11.8 Å². The van der Waals surface area contributed by atoms with Crippen LogP contribution < -0.4 is 11.1 Å². The second-order valence-corrected chi connectivity index (χ2v) is 9.32. The lowest BCUT2D eigenvalue weighted by molar-refractivity contribution is 0.1000. The summed E-state index contributed by atoms with van der Waals surface area (Å²) in [7, 11) is 0. The molecule has 2 heterocycles. The molecule has 0 aliphatic heterocycles. The van der Waals surface area contributed by atoms with Crippen LogP contribution >= 0.6 is 34.3 Å². The van der Waals surface area contributed by atoms with E-state index in [9.17, 15) is 9.59 Å². The van der Waals surface area contributed by atoms with E-state index < -0.39 is 5.91 Å². The quantitative estimate of drug-likeness (QED) is 0.588. The van der Waals surface area contributed by atoms with Crippen LogP contribution in [0.4, 0.5) is 5.00 Å². The first kappa shape index (κ1) is 18.5. The van der Waals surface area contributed by atoms with Gasteiger partial charge in [0.1, 0.15) is 9.88 Å². The Bertz CT molecular complexity index is 1050. The summed E-state index contributed by atoms with van der Waals surface area (Å²) in [6.45, 7) is 2.18. The number of nitrogens with two attached hydrogens (primary N) is 1. The lowest BCUT2D eigenvalue weighted by Gasteiger charge is -2.20. The van der Waals surface area contributed by atoms with Crippen molar-refractivity contribution in [3.63, 3.8) is 0 Å². The van der Waals surface area contributed by atoms with Crippen LogP contribution in [0.3, 0.4) is 0 Å². The first-order valence-corrected chi connectivity index (χ1v) is 10.9. The molecule has 0 saturated heterocycles. The molecule has 1 aromatic carbocycles. The molecule has 2 amide bonds. The number of amides is 2. The third-order valence-electron chi connectivity index (χ3n) is 5.16. The minimum Gasteiger partial charge on any atom is -0.365 e. The minimum absolute atomic E-state index is 0.297. The fraction of sp³-hybridized carbons (Fsp3) is 0.300. The van der Waals surface area contributed by atoms with Crippen molar-refractivity contribution < 1.29 is 9.59 Å². The molecule has 0 unspecified atom stereocenters. The average molecular weight is 419 g/mol. The van der Waals surface area contributed by atoms with E-state index in [0.29, 0.717) is 26.4 Å². The topological polar surface area (TPSA) is 72.2 Å². The van der Waals surface area contributed by atoms with Gasteiger partial charge >= 0.3 is 0 Å². The molecule has 1 aliphatic rings. The molecule has 1 aliphatic carbocycles. The van der Waals surface area contributed by atoms with Crippen molar-refractivity contribution >= 4 is 61.2 Å². The minimum atomic E-state index is -0.486. The average Bonchev–Trinajstić information content (AvgIpc) is 3.18. The first-order valence-electron chi connectivity index (χ1n) is 8.92. The summed E-state index contributed by atoms with van der Waals surface area (Å²) >= 11 is 9.24. The number of benzene rings is 1. The Labute approximate surface area is 170 Å². The zero-order valence-corrected chi connectivity index (χ0v) is 17.2. The number of nitrogens with one attached hydrogen (secondary N) is 1. The van der Waals surface area contributed by atoms with Crippen molar-refractivity contribution in [1.29, 1.82) is 0 Å². The number of thiophene rings is 2. The van der Waals surface area contributed by atoms with E-state index in [1.165, 1.54) is 27.6 Å². The Balaban J connectivity index is 1.69. The number of carbonyl (C=O) groups excluding carboxylic acids is 2. The number of hydrogen-bond acceptors (Lipinski definition) is 4. The monoisotopic (exact) mass is 418 g/mol. The molecule has 0 radical (unpaired) electrons. The zero-order valence-electron chi connectivity index (χ0n) is 14.8. The zero-order chi connectivity index (χ0) is 19.1. The summed E-state index contributed by atoms with van der Waals surface area (Å²) in [5.74, 6) is -0.160. The Morgan fingerprint density at radius 2 is 2.07 bits per heavy atom. The SMILES string of the molecule is CC[C@@H]1CCc2c(sc(NC(=O)c3sc4ccccc4c3Cl)c2C(N)=O)C1. The Morgan fingerprint density at radius 1 is 1.30 bits per heavy atom. The molecule has 0 spiro atoms. The maximum absolute atomic E-state index is 12.9. The summed E-state index contributed by atoms with van der Waals surface area (Å²) in [4.78, 5) is 26.6. The molecule has 140 valence electrons. The molecule has 1 atom stereocenters. The number of fused-ring (bicyclic) bond motifs is 2. The normalized spacial score (nSPS) is 16.3. The van der Waals surface area contributed by atoms with E-state index in [-0.39, 0.29) is 5.91 Å². The van der Waals surface area contributed by atoms with Crippen LogP contribution in [0.2, 0.25) is 5.02 Å². The summed E-state index contributed by atoms with van der Waals surface area (Å²) in [6.07, 6.45) is 3.94. The summed E-state index contributed by atoms with van der Waals surface area (Å²) < 4.78 is 0.957. The largest absolute Gasteiger partial charge is 0.365 e. The van der Waals surface area contributed by atoms with Crippen LogP contribution in [0.15, 0.2) is 24.3 Å². The Kier molecular flexibility index (Phi) is 4.97. The van der Waals surface area contributed by atoms with Crippen molar-refractivity contribution in [1.82, 2.24) is 0 Å². The van der Waals surface area contributed by atoms with Crippen molar-refractivity contribution in [3.05, 3.63) is 50.2 Å². The standard InChI is InChI=1S/C20H19ClN2O2S2/c1-2-10-7-8-11-14(9-10)27-20(15(11)18(22)24)23-19(25)17-16(21)12-5-3-4-6-13(12)26-17/h3-6,10H,2,7-9H2,1H3,(H2,22,24)(H,23,25)/t10-/m1/s1. The molecular formula is C20H19ClN2O2S2. The third kappa shape index (κ3) is 3.26.